The van der Waals surface area contributed by atoms with Gasteiger partial charge in [0.2, 0.25) is 10.0 Å². The number of hydrogen-bond donors (Lipinski definition) is 2. The molecule has 1 aliphatic rings. The molecule has 29 heavy (non-hydrogen) atoms. The van der Waals surface area contributed by atoms with Gasteiger partial charge in [-0.1, -0.05) is 6.07 Å². The molecule has 1 fully saturated rings. The topological polar surface area (TPSA) is 132 Å². The maximum absolute atomic E-state index is 13.0. The van der Waals surface area contributed by atoms with Crippen LogP contribution in [0.1, 0.15) is 5.56 Å². The van der Waals surface area contributed by atoms with Gasteiger partial charge in [0.05, 0.1) is 20.9 Å². The third-order valence-corrected chi connectivity index (χ3v) is 6.93. The summed E-state index contributed by atoms with van der Waals surface area (Å²) in [6, 6.07) is 9.46. The van der Waals surface area contributed by atoms with Gasteiger partial charge >= 0.3 is 5.69 Å². The number of aromatic nitrogens is 2. The number of nitrogens with zero attached hydrogens (tertiary/aromatic N) is 3. The van der Waals surface area contributed by atoms with E-state index in [1.807, 2.05) is 4.90 Å². The van der Waals surface area contributed by atoms with Crippen LogP contribution in [-0.2, 0) is 10.0 Å². The van der Waals surface area contributed by atoms with Crippen LogP contribution >= 0.6 is 0 Å². The van der Waals surface area contributed by atoms with Crippen LogP contribution in [0.5, 0.6) is 0 Å². The maximum Gasteiger partial charge on any atom is 0.323 e. The summed E-state index contributed by atoms with van der Waals surface area (Å²) in [6.45, 7) is 2.87. The summed E-state index contributed by atoms with van der Waals surface area (Å²) in [5.41, 5.74) is 1.85. The molecule has 0 bridgehead atoms. The van der Waals surface area contributed by atoms with Gasteiger partial charge in [0.15, 0.2) is 0 Å². The molecule has 2 heterocycles. The number of H-pyrrole nitrogens is 2. The number of benzene rings is 2. The van der Waals surface area contributed by atoms with Crippen LogP contribution in [0.3, 0.4) is 0 Å². The van der Waals surface area contributed by atoms with Gasteiger partial charge in [0.1, 0.15) is 5.69 Å². The Morgan fingerprint density at radius 1 is 1.00 bits per heavy atom. The van der Waals surface area contributed by atoms with Crippen molar-refractivity contribution >= 4 is 32.4 Å². The van der Waals surface area contributed by atoms with Gasteiger partial charge in [-0.15, -0.1) is 0 Å². The van der Waals surface area contributed by atoms with Crippen LogP contribution in [-0.4, -0.2) is 53.8 Å². The SMILES string of the molecule is Cc1ccc(N2CCN(S(=O)(=O)c3ccc4[nH]c(=O)[nH]c4c3)CC2)c([N+](=O)[O-])c1. The smallest absolute Gasteiger partial charge is 0.323 e. The van der Waals surface area contributed by atoms with Crippen molar-refractivity contribution in [2.45, 2.75) is 11.8 Å². The maximum atomic E-state index is 13.0. The van der Waals surface area contributed by atoms with Crippen LogP contribution in [0.4, 0.5) is 11.4 Å². The Kier molecular flexibility index (Phi) is 4.63. The van der Waals surface area contributed by atoms with E-state index in [9.17, 15) is 23.3 Å². The van der Waals surface area contributed by atoms with E-state index in [-0.39, 0.29) is 23.7 Å². The van der Waals surface area contributed by atoms with Crippen LogP contribution in [0, 0.1) is 17.0 Å². The number of aryl methyl sites for hydroxylation is 1. The summed E-state index contributed by atoms with van der Waals surface area (Å²) >= 11 is 0. The number of piperazine rings is 1. The molecule has 1 saturated heterocycles. The number of aromatic amines is 2. The first-order valence-electron chi connectivity index (χ1n) is 8.98. The number of nitro groups is 1. The fourth-order valence-electron chi connectivity index (χ4n) is 3.54. The van der Waals surface area contributed by atoms with E-state index in [2.05, 4.69) is 9.97 Å². The summed E-state index contributed by atoms with van der Waals surface area (Å²) in [5.74, 6) is 0. The Bertz CT molecular complexity index is 1260. The van der Waals surface area contributed by atoms with Gasteiger partial charge in [-0.05, 0) is 36.8 Å². The van der Waals surface area contributed by atoms with Crippen molar-refractivity contribution in [2.75, 3.05) is 31.1 Å². The molecule has 0 aliphatic carbocycles. The molecule has 0 radical (unpaired) electrons. The predicted molar refractivity (Wildman–Crippen MR) is 108 cm³/mol. The van der Waals surface area contributed by atoms with E-state index in [1.165, 1.54) is 22.5 Å². The Morgan fingerprint density at radius 3 is 2.38 bits per heavy atom. The number of anilines is 1. The molecule has 2 N–H and O–H groups in total. The van der Waals surface area contributed by atoms with Crippen molar-refractivity contribution in [3.8, 4) is 0 Å². The van der Waals surface area contributed by atoms with Crippen molar-refractivity contribution in [3.05, 3.63) is 62.6 Å². The summed E-state index contributed by atoms with van der Waals surface area (Å²) < 4.78 is 27.4. The highest BCUT2D eigenvalue weighted by Crippen LogP contribution is 2.30. The molecule has 4 rings (SSSR count). The number of fused-ring (bicyclic) bond motifs is 1. The molecular formula is C18H19N5O5S. The third-order valence-electron chi connectivity index (χ3n) is 5.03. The molecule has 3 aromatic rings. The first kappa shape index (κ1) is 19.2. The lowest BCUT2D eigenvalue weighted by Gasteiger charge is -2.35. The average molecular weight is 417 g/mol. The van der Waals surface area contributed by atoms with Crippen LogP contribution < -0.4 is 10.6 Å². The van der Waals surface area contributed by atoms with Crippen molar-refractivity contribution in [3.63, 3.8) is 0 Å². The number of rotatable bonds is 4. The van der Waals surface area contributed by atoms with Gasteiger partial charge in [-0.25, -0.2) is 13.2 Å². The van der Waals surface area contributed by atoms with E-state index in [1.54, 1.807) is 25.1 Å². The fourth-order valence-corrected chi connectivity index (χ4v) is 4.99. The molecule has 11 heteroatoms. The quantitative estimate of drug-likeness (QED) is 0.489. The summed E-state index contributed by atoms with van der Waals surface area (Å²) in [5, 5.41) is 11.4. The number of nitro benzene ring substituents is 1. The van der Waals surface area contributed by atoms with Crippen LogP contribution in [0.25, 0.3) is 11.0 Å². The standard InChI is InChI=1S/C18H19N5O5S/c1-12-2-5-16(17(10-12)23(25)26)21-6-8-22(9-7-21)29(27,28)13-3-4-14-15(11-13)20-18(24)19-14/h2-5,10-11H,6-9H2,1H3,(H2,19,20,24). The van der Waals surface area contributed by atoms with E-state index in [4.69, 9.17) is 0 Å². The number of nitrogens with one attached hydrogen (secondary N) is 2. The molecule has 0 amide bonds. The van der Waals surface area contributed by atoms with Crippen molar-refractivity contribution in [1.29, 1.82) is 0 Å². The van der Waals surface area contributed by atoms with E-state index < -0.39 is 20.6 Å². The molecule has 2 aromatic carbocycles. The molecule has 1 aromatic heterocycles. The minimum Gasteiger partial charge on any atom is -0.363 e. The van der Waals surface area contributed by atoms with Crippen molar-refractivity contribution in [1.82, 2.24) is 14.3 Å². The molecule has 0 spiro atoms. The normalized spacial score (nSPS) is 15.7. The third kappa shape index (κ3) is 3.49. The average Bonchev–Trinajstić information content (AvgIpc) is 3.07. The van der Waals surface area contributed by atoms with Gasteiger partial charge in [0.25, 0.3) is 5.69 Å². The minimum atomic E-state index is -3.75. The van der Waals surface area contributed by atoms with Crippen LogP contribution in [0.2, 0.25) is 0 Å². The van der Waals surface area contributed by atoms with Crippen LogP contribution in [0.15, 0.2) is 46.1 Å². The lowest BCUT2D eigenvalue weighted by atomic mass is 10.1. The van der Waals surface area contributed by atoms with Gasteiger partial charge in [-0.3, -0.25) is 10.1 Å². The summed E-state index contributed by atoms with van der Waals surface area (Å²) in [4.78, 5) is 29.4. The Morgan fingerprint density at radius 2 is 1.69 bits per heavy atom. The van der Waals surface area contributed by atoms with Gasteiger partial charge in [-0.2, -0.15) is 4.31 Å². The lowest BCUT2D eigenvalue weighted by molar-refractivity contribution is -0.384. The molecule has 152 valence electrons. The van der Waals surface area contributed by atoms with E-state index >= 15 is 0 Å². The second kappa shape index (κ2) is 7.01. The van der Waals surface area contributed by atoms with E-state index in [0.29, 0.717) is 29.8 Å². The minimum absolute atomic E-state index is 0.0168. The van der Waals surface area contributed by atoms with E-state index in [0.717, 1.165) is 5.56 Å². The highest BCUT2D eigenvalue weighted by atomic mass is 32.2. The Balaban J connectivity index is 1.56. The van der Waals surface area contributed by atoms with Gasteiger partial charge < -0.3 is 14.9 Å². The molecule has 0 saturated carbocycles. The zero-order valence-corrected chi connectivity index (χ0v) is 16.4. The molecule has 0 unspecified atom stereocenters. The summed E-state index contributed by atoms with van der Waals surface area (Å²) in [7, 11) is -3.75. The second-order valence-electron chi connectivity index (χ2n) is 6.93. The molecule has 1 aliphatic heterocycles. The predicted octanol–water partition coefficient (Wildman–Crippen LogP) is 1.58. The zero-order valence-electron chi connectivity index (χ0n) is 15.6. The Labute approximate surface area is 166 Å². The largest absolute Gasteiger partial charge is 0.363 e. The van der Waals surface area contributed by atoms with Gasteiger partial charge in [0, 0.05) is 32.2 Å². The second-order valence-corrected chi connectivity index (χ2v) is 8.86. The molecule has 0 atom stereocenters. The number of hydrogen-bond acceptors (Lipinski definition) is 6. The highest BCUT2D eigenvalue weighted by Gasteiger charge is 2.31. The lowest BCUT2D eigenvalue weighted by Crippen LogP contribution is -2.48. The molecular weight excluding hydrogens is 398 g/mol. The number of imidazole rings is 1. The first-order chi connectivity index (χ1) is 13.8. The van der Waals surface area contributed by atoms with Crippen molar-refractivity contribution < 1.29 is 13.3 Å². The fraction of sp³-hybridized carbons (Fsp3) is 0.278. The number of sulfonamides is 1. The highest BCUT2D eigenvalue weighted by molar-refractivity contribution is 7.89. The monoisotopic (exact) mass is 417 g/mol. The molecule has 10 nitrogen and oxygen atoms in total. The Hall–Kier alpha value is -3.18. The zero-order chi connectivity index (χ0) is 20.8. The first-order valence-corrected chi connectivity index (χ1v) is 10.4. The summed E-state index contributed by atoms with van der Waals surface area (Å²) in [6.07, 6.45) is 0. The van der Waals surface area contributed by atoms with Crippen molar-refractivity contribution in [2.24, 2.45) is 0 Å².